The Morgan fingerprint density at radius 3 is 2.86 bits per heavy atom. The number of nitrogens with zero attached hydrogens (tertiary/aromatic N) is 4. The maximum absolute atomic E-state index is 11.8. The fourth-order valence-electron chi connectivity index (χ4n) is 4.50. The van der Waals surface area contributed by atoms with Crippen molar-refractivity contribution in [1.82, 2.24) is 20.5 Å². The Labute approximate surface area is 221 Å². The molecule has 6 rings (SSSR count). The van der Waals surface area contributed by atoms with Gasteiger partial charge in [0.2, 0.25) is 5.91 Å². The lowest BCUT2D eigenvalue weighted by molar-refractivity contribution is -0.115. The third-order valence-electron chi connectivity index (χ3n) is 6.31. The zero-order chi connectivity index (χ0) is 24.6. The van der Waals surface area contributed by atoms with Gasteiger partial charge in [-0.2, -0.15) is 5.10 Å². The predicted octanol–water partition coefficient (Wildman–Crippen LogP) is 4.79. The van der Waals surface area contributed by atoms with E-state index in [0.717, 1.165) is 44.7 Å². The van der Waals surface area contributed by atoms with Crippen molar-refractivity contribution in [3.05, 3.63) is 82.0 Å². The molecule has 0 spiro atoms. The average molecular weight is 587 g/mol. The molecule has 4 aromatic rings. The molecule has 0 bridgehead atoms. The molecular formula is C27H22IN7O. The number of rotatable bonds is 5. The number of pyridine rings is 1. The van der Waals surface area contributed by atoms with E-state index in [2.05, 4.69) is 83.7 Å². The van der Waals surface area contributed by atoms with Gasteiger partial charge in [0.05, 0.1) is 23.4 Å². The first kappa shape index (κ1) is 22.6. The summed E-state index contributed by atoms with van der Waals surface area (Å²) in [7, 11) is 0. The van der Waals surface area contributed by atoms with Gasteiger partial charge >= 0.3 is 0 Å². The predicted molar refractivity (Wildman–Crippen MR) is 151 cm³/mol. The number of carbonyl (C=O) groups excluding carboxylic acids is 1. The van der Waals surface area contributed by atoms with E-state index in [1.54, 1.807) is 12.4 Å². The highest BCUT2D eigenvalue weighted by molar-refractivity contribution is 14.1. The second-order valence-electron chi connectivity index (χ2n) is 8.68. The summed E-state index contributed by atoms with van der Waals surface area (Å²) in [5.41, 5.74) is 6.44. The molecule has 0 fully saturated rings. The van der Waals surface area contributed by atoms with Gasteiger partial charge in [0, 0.05) is 45.1 Å². The van der Waals surface area contributed by atoms with Crippen LogP contribution in [0.1, 0.15) is 24.6 Å². The molecule has 4 heterocycles. The number of hydrogen-bond acceptors (Lipinski definition) is 6. The minimum Gasteiger partial charge on any atom is -0.358 e. The highest BCUT2D eigenvalue weighted by Gasteiger charge is 2.34. The van der Waals surface area contributed by atoms with Crippen molar-refractivity contribution in [2.24, 2.45) is 9.98 Å². The van der Waals surface area contributed by atoms with Crippen LogP contribution in [0.2, 0.25) is 0 Å². The van der Waals surface area contributed by atoms with Gasteiger partial charge in [-0.3, -0.25) is 24.9 Å². The highest BCUT2D eigenvalue weighted by Crippen LogP contribution is 2.32. The minimum atomic E-state index is -0.0753. The lowest BCUT2D eigenvalue weighted by atomic mass is 9.94. The molecule has 0 saturated heterocycles. The molecule has 3 N–H and O–H groups in total. The van der Waals surface area contributed by atoms with Gasteiger partial charge < -0.3 is 10.6 Å². The summed E-state index contributed by atoms with van der Waals surface area (Å²) in [4.78, 5) is 25.7. The lowest BCUT2D eigenvalue weighted by Crippen LogP contribution is -2.38. The van der Waals surface area contributed by atoms with Crippen LogP contribution in [0.25, 0.3) is 27.6 Å². The van der Waals surface area contributed by atoms with Crippen LogP contribution >= 0.6 is 22.6 Å². The highest BCUT2D eigenvalue weighted by atomic mass is 127. The smallest absolute Gasteiger partial charge is 0.224 e. The lowest BCUT2D eigenvalue weighted by Gasteiger charge is -2.20. The van der Waals surface area contributed by atoms with Crippen molar-refractivity contribution in [2.45, 2.75) is 25.4 Å². The van der Waals surface area contributed by atoms with E-state index in [9.17, 15) is 4.79 Å². The van der Waals surface area contributed by atoms with Crippen molar-refractivity contribution < 1.29 is 4.79 Å². The van der Waals surface area contributed by atoms with Gasteiger partial charge in [-0.1, -0.05) is 25.1 Å². The zero-order valence-electron chi connectivity index (χ0n) is 19.4. The van der Waals surface area contributed by atoms with Gasteiger partial charge in [0.25, 0.3) is 0 Å². The van der Waals surface area contributed by atoms with E-state index in [1.165, 1.54) is 3.57 Å². The van der Waals surface area contributed by atoms with Crippen molar-refractivity contribution >= 4 is 62.7 Å². The topological polar surface area (TPSA) is 107 Å². The Bertz CT molecular complexity index is 1590. The number of fused-ring (bicyclic) bond motifs is 2. The maximum Gasteiger partial charge on any atom is 0.224 e. The van der Waals surface area contributed by atoms with E-state index < -0.39 is 0 Å². The van der Waals surface area contributed by atoms with Crippen LogP contribution in [-0.4, -0.2) is 45.2 Å². The summed E-state index contributed by atoms with van der Waals surface area (Å²) < 4.78 is 1.17. The number of aliphatic imine (C=N–C) groups is 2. The number of aromatic amines is 1. The monoisotopic (exact) mass is 587 g/mol. The van der Waals surface area contributed by atoms with Crippen LogP contribution in [0.4, 0.5) is 5.69 Å². The first-order valence-corrected chi connectivity index (χ1v) is 12.7. The standard InChI is InChI=1S/C27H22IN7O/c1-2-24(36)31-19-9-17(11-29-12-19)15-6-7-22-20(10-15)26(35-34-22)27-32-23-14-30-13-21(25(23)33-27)16-4-3-5-18(28)8-16/h3-14,23,25H,2H2,1H3,(H,31,36)(H,32,33)(H,34,35). The Balaban J connectivity index is 1.35. The molecule has 2 aliphatic heterocycles. The second-order valence-corrected chi connectivity index (χ2v) is 9.93. The Hall–Kier alpha value is -3.86. The molecule has 9 heteroatoms. The molecule has 2 aromatic carbocycles. The Morgan fingerprint density at radius 2 is 2.00 bits per heavy atom. The Kier molecular flexibility index (Phi) is 5.84. The summed E-state index contributed by atoms with van der Waals surface area (Å²) in [5, 5.41) is 15.1. The van der Waals surface area contributed by atoms with Crippen LogP contribution in [0.5, 0.6) is 0 Å². The van der Waals surface area contributed by atoms with Crippen LogP contribution in [-0.2, 0) is 4.79 Å². The molecule has 0 aliphatic carbocycles. The number of halogens is 1. The van der Waals surface area contributed by atoms with Gasteiger partial charge in [-0.25, -0.2) is 0 Å². The fraction of sp³-hybridized carbons (Fsp3) is 0.148. The normalized spacial score (nSPS) is 18.4. The molecule has 0 saturated carbocycles. The van der Waals surface area contributed by atoms with E-state index >= 15 is 0 Å². The summed E-state index contributed by atoms with van der Waals surface area (Å²) in [6.45, 7) is 1.82. The third kappa shape index (κ3) is 4.19. The van der Waals surface area contributed by atoms with Gasteiger partial charge in [-0.15, -0.1) is 0 Å². The van der Waals surface area contributed by atoms with Crippen LogP contribution in [0.3, 0.4) is 0 Å². The van der Waals surface area contributed by atoms with E-state index in [4.69, 9.17) is 4.99 Å². The summed E-state index contributed by atoms with van der Waals surface area (Å²) >= 11 is 2.32. The average Bonchev–Trinajstić information content (AvgIpc) is 3.52. The quantitative estimate of drug-likeness (QED) is 0.292. The zero-order valence-corrected chi connectivity index (χ0v) is 21.5. The molecule has 2 unspecified atom stereocenters. The number of nitrogens with one attached hydrogen (secondary N) is 3. The fourth-order valence-corrected chi connectivity index (χ4v) is 5.04. The van der Waals surface area contributed by atoms with E-state index in [0.29, 0.717) is 12.1 Å². The summed E-state index contributed by atoms with van der Waals surface area (Å²) in [6.07, 6.45) is 7.66. The molecule has 2 aromatic heterocycles. The minimum absolute atomic E-state index is 0.0316. The molecule has 2 aliphatic rings. The molecule has 178 valence electrons. The van der Waals surface area contributed by atoms with E-state index in [1.807, 2.05) is 37.5 Å². The molecular weight excluding hydrogens is 565 g/mol. The third-order valence-corrected chi connectivity index (χ3v) is 6.98. The number of anilines is 1. The van der Waals surface area contributed by atoms with Crippen molar-refractivity contribution in [2.75, 3.05) is 5.32 Å². The van der Waals surface area contributed by atoms with Crippen molar-refractivity contribution in [3.63, 3.8) is 0 Å². The number of benzene rings is 2. The molecule has 8 nitrogen and oxygen atoms in total. The molecule has 36 heavy (non-hydrogen) atoms. The van der Waals surface area contributed by atoms with Crippen LogP contribution in [0, 0.1) is 3.57 Å². The van der Waals surface area contributed by atoms with Crippen LogP contribution < -0.4 is 10.6 Å². The molecule has 1 amide bonds. The molecule has 0 radical (unpaired) electrons. The summed E-state index contributed by atoms with van der Waals surface area (Å²) in [6, 6.07) is 16.3. The number of H-pyrrole nitrogens is 1. The second kappa shape index (κ2) is 9.30. The molecule has 2 atom stereocenters. The van der Waals surface area contributed by atoms with E-state index in [-0.39, 0.29) is 18.0 Å². The SMILES string of the molecule is CCC(=O)Nc1cncc(-c2ccc3[nH]nc(C4=NC5C(c6cccc(I)c6)=CN=CC5N4)c3c2)c1. The van der Waals surface area contributed by atoms with Crippen LogP contribution in [0.15, 0.2) is 77.1 Å². The first-order chi connectivity index (χ1) is 17.6. The van der Waals surface area contributed by atoms with Crippen molar-refractivity contribution in [3.8, 4) is 11.1 Å². The largest absolute Gasteiger partial charge is 0.358 e. The van der Waals surface area contributed by atoms with Crippen molar-refractivity contribution in [1.29, 1.82) is 0 Å². The number of hydrogen-bond donors (Lipinski definition) is 3. The van der Waals surface area contributed by atoms with Gasteiger partial charge in [0.1, 0.15) is 11.7 Å². The summed E-state index contributed by atoms with van der Waals surface area (Å²) in [5.74, 6) is 0.691. The number of carbonyl (C=O) groups is 1. The maximum atomic E-state index is 11.8. The number of amidine groups is 1. The number of aromatic nitrogens is 3. The number of amides is 1. The Morgan fingerprint density at radius 1 is 1.08 bits per heavy atom. The van der Waals surface area contributed by atoms with Gasteiger partial charge in [0.15, 0.2) is 5.84 Å². The first-order valence-electron chi connectivity index (χ1n) is 11.7. The van der Waals surface area contributed by atoms with Gasteiger partial charge in [-0.05, 0) is 64.0 Å².